The molecule has 1 unspecified atom stereocenters. The summed E-state index contributed by atoms with van der Waals surface area (Å²) < 4.78 is 14.9. The van der Waals surface area contributed by atoms with E-state index in [0.717, 1.165) is 0 Å². The standard InChI is InChI=1S/C22H17FN4O2/c23-19-7-5-16(6-8-19)21(27-15-26-12-9-20(27)28)22(29,17-3-1-10-24-13-17)18-4-2-11-25-14-18/h1-15,21,29H. The van der Waals surface area contributed by atoms with Gasteiger partial charge in [0.05, 0.1) is 6.33 Å². The van der Waals surface area contributed by atoms with Gasteiger partial charge in [0, 0.05) is 48.2 Å². The molecule has 1 atom stereocenters. The van der Waals surface area contributed by atoms with Crippen LogP contribution in [0.3, 0.4) is 0 Å². The zero-order valence-corrected chi connectivity index (χ0v) is 15.3. The first-order valence-corrected chi connectivity index (χ1v) is 8.91. The Bertz CT molecular complexity index is 1110. The molecule has 3 heterocycles. The Morgan fingerprint density at radius 1 is 0.862 bits per heavy atom. The van der Waals surface area contributed by atoms with Crippen LogP contribution in [0.1, 0.15) is 22.7 Å². The van der Waals surface area contributed by atoms with E-state index in [4.69, 9.17) is 0 Å². The van der Waals surface area contributed by atoms with Gasteiger partial charge in [-0.05, 0) is 29.8 Å². The second kappa shape index (κ2) is 7.73. The number of hydrogen-bond donors (Lipinski definition) is 1. The number of halogens is 1. The minimum absolute atomic E-state index is 0.361. The Balaban J connectivity index is 2.05. The lowest BCUT2D eigenvalue weighted by atomic mass is 9.78. The number of benzene rings is 1. The Kier molecular flexibility index (Phi) is 4.97. The highest BCUT2D eigenvalue weighted by molar-refractivity contribution is 5.40. The number of aliphatic hydroxyl groups is 1. The molecule has 4 aromatic rings. The summed E-state index contributed by atoms with van der Waals surface area (Å²) in [6.07, 6.45) is 8.99. The normalized spacial score (nSPS) is 12.5. The molecule has 0 aliphatic carbocycles. The van der Waals surface area contributed by atoms with Crippen LogP contribution in [0.25, 0.3) is 0 Å². The summed E-state index contributed by atoms with van der Waals surface area (Å²) in [7, 11) is 0. The Morgan fingerprint density at radius 2 is 1.48 bits per heavy atom. The summed E-state index contributed by atoms with van der Waals surface area (Å²) in [4.78, 5) is 25.1. The number of rotatable bonds is 5. The van der Waals surface area contributed by atoms with E-state index >= 15 is 0 Å². The van der Waals surface area contributed by atoms with E-state index in [-0.39, 0.29) is 5.56 Å². The number of aromatic nitrogens is 4. The highest BCUT2D eigenvalue weighted by atomic mass is 19.1. The van der Waals surface area contributed by atoms with Crippen molar-refractivity contribution in [2.24, 2.45) is 0 Å². The smallest absolute Gasteiger partial charge is 0.253 e. The van der Waals surface area contributed by atoms with Gasteiger partial charge in [-0.1, -0.05) is 24.3 Å². The van der Waals surface area contributed by atoms with Gasteiger partial charge in [0.25, 0.3) is 5.56 Å². The van der Waals surface area contributed by atoms with Crippen molar-refractivity contribution in [3.05, 3.63) is 125 Å². The maximum Gasteiger partial charge on any atom is 0.253 e. The highest BCUT2D eigenvalue weighted by Crippen LogP contribution is 2.42. The van der Waals surface area contributed by atoms with Gasteiger partial charge in [-0.15, -0.1) is 0 Å². The first-order valence-electron chi connectivity index (χ1n) is 8.91. The zero-order chi connectivity index (χ0) is 20.3. The molecule has 0 saturated heterocycles. The first kappa shape index (κ1) is 18.6. The molecule has 4 rings (SSSR count). The molecule has 144 valence electrons. The van der Waals surface area contributed by atoms with E-state index in [1.165, 1.54) is 59.8 Å². The van der Waals surface area contributed by atoms with Crippen molar-refractivity contribution in [2.75, 3.05) is 0 Å². The lowest BCUT2D eigenvalue weighted by Gasteiger charge is -2.38. The van der Waals surface area contributed by atoms with Crippen molar-refractivity contribution in [2.45, 2.75) is 11.6 Å². The van der Waals surface area contributed by atoms with Gasteiger partial charge >= 0.3 is 0 Å². The molecule has 7 heteroatoms. The van der Waals surface area contributed by atoms with Crippen LogP contribution in [0, 0.1) is 5.82 Å². The van der Waals surface area contributed by atoms with Gasteiger partial charge in [-0.3, -0.25) is 19.3 Å². The lowest BCUT2D eigenvalue weighted by Crippen LogP contribution is -2.42. The minimum atomic E-state index is -1.73. The Hall–Kier alpha value is -3.71. The summed E-state index contributed by atoms with van der Waals surface area (Å²) >= 11 is 0. The van der Waals surface area contributed by atoms with Crippen LogP contribution in [-0.4, -0.2) is 24.6 Å². The number of pyridine rings is 2. The van der Waals surface area contributed by atoms with Crippen LogP contribution in [0.5, 0.6) is 0 Å². The molecule has 0 amide bonds. The molecule has 0 saturated carbocycles. The third-order valence-electron chi connectivity index (χ3n) is 4.81. The van der Waals surface area contributed by atoms with Crippen LogP contribution in [-0.2, 0) is 5.60 Å². The fourth-order valence-corrected chi connectivity index (χ4v) is 3.46. The molecule has 6 nitrogen and oxygen atoms in total. The van der Waals surface area contributed by atoms with Gasteiger partial charge in [-0.2, -0.15) is 0 Å². The molecule has 0 aliphatic rings. The summed E-state index contributed by atoms with van der Waals surface area (Å²) in [5, 5.41) is 12.2. The molecular formula is C22H17FN4O2. The van der Waals surface area contributed by atoms with Crippen LogP contribution in [0.15, 0.2) is 96.7 Å². The van der Waals surface area contributed by atoms with E-state index in [1.54, 1.807) is 36.7 Å². The van der Waals surface area contributed by atoms with E-state index in [2.05, 4.69) is 15.0 Å². The molecule has 0 aliphatic heterocycles. The molecule has 0 bridgehead atoms. The predicted octanol–water partition coefficient (Wildman–Crippen LogP) is 2.70. The summed E-state index contributed by atoms with van der Waals surface area (Å²) in [6, 6.07) is 12.9. The van der Waals surface area contributed by atoms with E-state index in [9.17, 15) is 14.3 Å². The molecular weight excluding hydrogens is 371 g/mol. The third-order valence-corrected chi connectivity index (χ3v) is 4.81. The monoisotopic (exact) mass is 388 g/mol. The zero-order valence-electron chi connectivity index (χ0n) is 15.3. The van der Waals surface area contributed by atoms with Crippen LogP contribution in [0.4, 0.5) is 4.39 Å². The molecule has 29 heavy (non-hydrogen) atoms. The molecule has 1 aromatic carbocycles. The SMILES string of the molecule is O=c1ccncn1C(c1ccc(F)cc1)C(O)(c1cccnc1)c1cccnc1. The van der Waals surface area contributed by atoms with Crippen LogP contribution >= 0.6 is 0 Å². The quantitative estimate of drug-likeness (QED) is 0.569. The van der Waals surface area contributed by atoms with Gasteiger partial charge in [0.15, 0.2) is 0 Å². The van der Waals surface area contributed by atoms with E-state index in [0.29, 0.717) is 16.7 Å². The Labute approximate surface area is 166 Å². The summed E-state index contributed by atoms with van der Waals surface area (Å²) in [5.41, 5.74) is -0.652. The van der Waals surface area contributed by atoms with E-state index < -0.39 is 17.5 Å². The average Bonchev–Trinajstić information content (AvgIpc) is 2.77. The van der Waals surface area contributed by atoms with Crippen LogP contribution in [0.2, 0.25) is 0 Å². The van der Waals surface area contributed by atoms with Gasteiger partial charge in [0.2, 0.25) is 0 Å². The molecule has 3 aromatic heterocycles. The topological polar surface area (TPSA) is 80.9 Å². The maximum absolute atomic E-state index is 13.6. The molecule has 1 N–H and O–H groups in total. The first-order chi connectivity index (χ1) is 14.1. The molecule has 0 radical (unpaired) electrons. The van der Waals surface area contributed by atoms with Crippen molar-refractivity contribution < 1.29 is 9.50 Å². The number of nitrogens with zero attached hydrogens (tertiary/aromatic N) is 4. The molecule has 0 fully saturated rings. The number of hydrogen-bond acceptors (Lipinski definition) is 5. The van der Waals surface area contributed by atoms with Crippen molar-refractivity contribution >= 4 is 0 Å². The van der Waals surface area contributed by atoms with Gasteiger partial charge in [0.1, 0.15) is 17.5 Å². The Morgan fingerprint density at radius 3 is 2.00 bits per heavy atom. The average molecular weight is 388 g/mol. The van der Waals surface area contributed by atoms with Crippen molar-refractivity contribution in [1.82, 2.24) is 19.5 Å². The molecule has 0 spiro atoms. The highest BCUT2D eigenvalue weighted by Gasteiger charge is 2.43. The van der Waals surface area contributed by atoms with Crippen molar-refractivity contribution in [3.8, 4) is 0 Å². The second-order valence-corrected chi connectivity index (χ2v) is 6.53. The summed E-state index contributed by atoms with van der Waals surface area (Å²) in [6.45, 7) is 0. The predicted molar refractivity (Wildman–Crippen MR) is 105 cm³/mol. The van der Waals surface area contributed by atoms with Crippen LogP contribution < -0.4 is 5.56 Å². The van der Waals surface area contributed by atoms with Crippen molar-refractivity contribution in [3.63, 3.8) is 0 Å². The minimum Gasteiger partial charge on any atom is -0.378 e. The van der Waals surface area contributed by atoms with Gasteiger partial charge < -0.3 is 5.11 Å². The second-order valence-electron chi connectivity index (χ2n) is 6.53. The fraction of sp³-hybridized carbons (Fsp3) is 0.0909. The maximum atomic E-state index is 13.6. The van der Waals surface area contributed by atoms with Crippen molar-refractivity contribution in [1.29, 1.82) is 0 Å². The van der Waals surface area contributed by atoms with E-state index in [1.807, 2.05) is 0 Å². The third kappa shape index (κ3) is 3.43. The fourth-order valence-electron chi connectivity index (χ4n) is 3.46. The lowest BCUT2D eigenvalue weighted by molar-refractivity contribution is 0.0358. The summed E-state index contributed by atoms with van der Waals surface area (Å²) in [5.74, 6) is -0.419. The van der Waals surface area contributed by atoms with Gasteiger partial charge in [-0.25, -0.2) is 9.37 Å². The largest absolute Gasteiger partial charge is 0.378 e.